The second-order valence-corrected chi connectivity index (χ2v) is 2.79. The molecule has 0 aliphatic rings. The maximum atomic E-state index is 11.0. The molecule has 3 heteroatoms. The van der Waals surface area contributed by atoms with Crippen LogP contribution in [0.25, 0.3) is 0 Å². The van der Waals surface area contributed by atoms with Gasteiger partial charge in [0.2, 0.25) is 5.91 Å². The lowest BCUT2D eigenvalue weighted by atomic mass is 10.2. The first-order valence-electron chi connectivity index (χ1n) is 4.72. The molecule has 0 heterocycles. The van der Waals surface area contributed by atoms with Gasteiger partial charge in [-0.05, 0) is 19.4 Å². The maximum Gasteiger partial charge on any atom is 0.233 e. The second-order valence-electron chi connectivity index (χ2n) is 2.79. The van der Waals surface area contributed by atoms with Gasteiger partial charge in [-0.3, -0.25) is 4.79 Å². The van der Waals surface area contributed by atoms with Gasteiger partial charge >= 0.3 is 0 Å². The van der Waals surface area contributed by atoms with Crippen molar-refractivity contribution in [3.8, 4) is 12.3 Å². The summed E-state index contributed by atoms with van der Waals surface area (Å²) in [5, 5.41) is 5.76. The third-order valence-electron chi connectivity index (χ3n) is 1.61. The van der Waals surface area contributed by atoms with Crippen LogP contribution >= 0.6 is 0 Å². The van der Waals surface area contributed by atoms with Crippen LogP contribution in [-0.2, 0) is 4.79 Å². The van der Waals surface area contributed by atoms with Gasteiger partial charge in [-0.1, -0.05) is 6.92 Å². The van der Waals surface area contributed by atoms with Gasteiger partial charge < -0.3 is 10.6 Å². The highest BCUT2D eigenvalue weighted by Crippen LogP contribution is 1.90. The average Bonchev–Trinajstić information content (AvgIpc) is 2.14. The molecule has 0 bridgehead atoms. The summed E-state index contributed by atoms with van der Waals surface area (Å²) in [7, 11) is 0. The van der Waals surface area contributed by atoms with Crippen LogP contribution in [-0.4, -0.2) is 25.5 Å². The van der Waals surface area contributed by atoms with E-state index >= 15 is 0 Å². The normalized spacial score (nSPS) is 9.23. The predicted octanol–water partition coefficient (Wildman–Crippen LogP) is 0.516. The third-order valence-corrected chi connectivity index (χ3v) is 1.61. The van der Waals surface area contributed by atoms with Crippen molar-refractivity contribution >= 4 is 5.91 Å². The molecule has 0 spiro atoms. The average molecular weight is 182 g/mol. The van der Waals surface area contributed by atoms with Gasteiger partial charge in [0.05, 0.1) is 6.54 Å². The number of likely N-dealkylation sites (N-methyl/N-ethyl adjacent to an activating group) is 1. The van der Waals surface area contributed by atoms with Gasteiger partial charge in [-0.2, -0.15) is 0 Å². The Hall–Kier alpha value is -1.01. The first kappa shape index (κ1) is 12.0. The first-order valence-corrected chi connectivity index (χ1v) is 4.72. The molecule has 0 saturated heterocycles. The third kappa shape index (κ3) is 8.90. The van der Waals surface area contributed by atoms with Crippen molar-refractivity contribution in [3.63, 3.8) is 0 Å². The molecule has 0 aromatic carbocycles. The van der Waals surface area contributed by atoms with E-state index in [1.165, 1.54) is 0 Å². The van der Waals surface area contributed by atoms with Gasteiger partial charge in [-0.25, -0.2) is 0 Å². The summed E-state index contributed by atoms with van der Waals surface area (Å²) in [6.07, 6.45) is 7.83. The Morgan fingerprint density at radius 3 is 2.85 bits per heavy atom. The van der Waals surface area contributed by atoms with Gasteiger partial charge in [0, 0.05) is 13.0 Å². The number of nitrogens with one attached hydrogen (secondary N) is 2. The topological polar surface area (TPSA) is 41.1 Å². The van der Waals surface area contributed by atoms with Crippen LogP contribution in [0.4, 0.5) is 0 Å². The van der Waals surface area contributed by atoms with Gasteiger partial charge in [0.15, 0.2) is 0 Å². The minimum absolute atomic E-state index is 0.0579. The molecule has 74 valence electrons. The van der Waals surface area contributed by atoms with Crippen LogP contribution in [0.3, 0.4) is 0 Å². The number of amides is 1. The fourth-order valence-corrected chi connectivity index (χ4v) is 0.881. The smallest absolute Gasteiger partial charge is 0.233 e. The molecule has 13 heavy (non-hydrogen) atoms. The minimum atomic E-state index is 0.0579. The van der Waals surface area contributed by atoms with Crippen molar-refractivity contribution in [1.29, 1.82) is 0 Å². The Morgan fingerprint density at radius 1 is 1.46 bits per heavy atom. The molecule has 0 fully saturated rings. The quantitative estimate of drug-likeness (QED) is 0.445. The van der Waals surface area contributed by atoms with Crippen LogP contribution < -0.4 is 10.6 Å². The monoisotopic (exact) mass is 182 g/mol. The fraction of sp³-hybridized carbons (Fsp3) is 0.700. The molecule has 0 aliphatic heterocycles. The largest absolute Gasteiger partial charge is 0.355 e. The van der Waals surface area contributed by atoms with E-state index in [1.807, 2.05) is 6.92 Å². The lowest BCUT2D eigenvalue weighted by molar-refractivity contribution is -0.120. The zero-order chi connectivity index (χ0) is 9.94. The van der Waals surface area contributed by atoms with Gasteiger partial charge in [0.25, 0.3) is 0 Å². The Kier molecular flexibility index (Phi) is 8.38. The molecular weight excluding hydrogens is 164 g/mol. The van der Waals surface area contributed by atoms with Crippen molar-refractivity contribution in [2.24, 2.45) is 0 Å². The molecule has 0 aromatic rings. The van der Waals surface area contributed by atoms with Gasteiger partial charge in [-0.15, -0.1) is 12.3 Å². The molecule has 0 atom stereocenters. The van der Waals surface area contributed by atoms with E-state index in [0.717, 1.165) is 32.4 Å². The number of terminal acetylenes is 1. The lowest BCUT2D eigenvalue weighted by Crippen LogP contribution is -2.34. The molecule has 0 unspecified atom stereocenters. The van der Waals surface area contributed by atoms with E-state index in [-0.39, 0.29) is 5.91 Å². The first-order chi connectivity index (χ1) is 6.31. The van der Waals surface area contributed by atoms with E-state index < -0.39 is 0 Å². The number of unbranched alkanes of at least 4 members (excludes halogenated alkanes) is 2. The van der Waals surface area contributed by atoms with Crippen LogP contribution in [0.2, 0.25) is 0 Å². The molecule has 0 rings (SSSR count). The van der Waals surface area contributed by atoms with Crippen molar-refractivity contribution in [2.75, 3.05) is 19.6 Å². The minimum Gasteiger partial charge on any atom is -0.355 e. The number of rotatable bonds is 7. The van der Waals surface area contributed by atoms with Crippen LogP contribution in [0.15, 0.2) is 0 Å². The van der Waals surface area contributed by atoms with Crippen LogP contribution in [0.1, 0.15) is 26.2 Å². The second kappa shape index (κ2) is 9.08. The zero-order valence-corrected chi connectivity index (χ0v) is 8.23. The molecular formula is C10H18N2O. The highest BCUT2D eigenvalue weighted by Gasteiger charge is 1.97. The van der Waals surface area contributed by atoms with Crippen LogP contribution in [0.5, 0.6) is 0 Å². The van der Waals surface area contributed by atoms with E-state index in [4.69, 9.17) is 6.42 Å². The fourth-order valence-electron chi connectivity index (χ4n) is 0.881. The van der Waals surface area contributed by atoms with E-state index in [1.54, 1.807) is 0 Å². The molecule has 0 aromatic heterocycles. The van der Waals surface area contributed by atoms with Crippen molar-refractivity contribution in [1.82, 2.24) is 10.6 Å². The summed E-state index contributed by atoms with van der Waals surface area (Å²) in [4.78, 5) is 11.0. The number of carbonyl (C=O) groups excluding carboxylic acids is 1. The van der Waals surface area contributed by atoms with E-state index in [2.05, 4.69) is 16.6 Å². The number of hydrogen-bond donors (Lipinski definition) is 2. The Labute approximate surface area is 80.3 Å². The van der Waals surface area contributed by atoms with E-state index in [0.29, 0.717) is 6.54 Å². The summed E-state index contributed by atoms with van der Waals surface area (Å²) in [5.41, 5.74) is 0. The summed E-state index contributed by atoms with van der Waals surface area (Å²) >= 11 is 0. The maximum absolute atomic E-state index is 11.0. The Morgan fingerprint density at radius 2 is 2.23 bits per heavy atom. The predicted molar refractivity (Wildman–Crippen MR) is 54.2 cm³/mol. The highest BCUT2D eigenvalue weighted by atomic mass is 16.1. The Balaban J connectivity index is 3.13. The molecule has 3 nitrogen and oxygen atoms in total. The number of hydrogen-bond acceptors (Lipinski definition) is 2. The molecule has 0 saturated carbocycles. The summed E-state index contributed by atoms with van der Waals surface area (Å²) < 4.78 is 0. The van der Waals surface area contributed by atoms with Crippen molar-refractivity contribution in [3.05, 3.63) is 0 Å². The van der Waals surface area contributed by atoms with E-state index in [9.17, 15) is 4.79 Å². The van der Waals surface area contributed by atoms with Gasteiger partial charge in [0.1, 0.15) is 0 Å². The highest BCUT2D eigenvalue weighted by molar-refractivity contribution is 5.77. The summed E-state index contributed by atoms with van der Waals surface area (Å²) in [5.74, 6) is 2.62. The number of carbonyl (C=O) groups is 1. The SMILES string of the molecule is C#CCCCCNC(=O)CNCC. The summed E-state index contributed by atoms with van der Waals surface area (Å²) in [6.45, 7) is 3.93. The van der Waals surface area contributed by atoms with Crippen LogP contribution in [0, 0.1) is 12.3 Å². The molecule has 1 amide bonds. The lowest BCUT2D eigenvalue weighted by Gasteiger charge is -2.03. The summed E-state index contributed by atoms with van der Waals surface area (Å²) in [6, 6.07) is 0. The molecule has 2 N–H and O–H groups in total. The zero-order valence-electron chi connectivity index (χ0n) is 8.23. The Bertz CT molecular complexity index is 172. The standard InChI is InChI=1S/C10H18N2O/c1-3-5-6-7-8-12-10(13)9-11-4-2/h1,11H,4-9H2,2H3,(H,12,13). The van der Waals surface area contributed by atoms with Crippen molar-refractivity contribution in [2.45, 2.75) is 26.2 Å². The van der Waals surface area contributed by atoms with Crippen molar-refractivity contribution < 1.29 is 4.79 Å². The molecule has 0 radical (unpaired) electrons. The molecule has 0 aliphatic carbocycles.